The van der Waals surface area contributed by atoms with Crippen molar-refractivity contribution >= 4 is 15.9 Å². The van der Waals surface area contributed by atoms with Crippen LogP contribution in [0.2, 0.25) is 0 Å². The Bertz CT molecular complexity index is 299. The summed E-state index contributed by atoms with van der Waals surface area (Å²) in [6.45, 7) is 0. The highest BCUT2D eigenvalue weighted by atomic mass is 79.9. The molecule has 1 rings (SSSR count). The van der Waals surface area contributed by atoms with E-state index < -0.39 is 0 Å². The molecule has 0 spiro atoms. The maximum absolute atomic E-state index is 9.67. The van der Waals surface area contributed by atoms with Crippen molar-refractivity contribution in [1.82, 2.24) is 0 Å². The molecule has 0 bridgehead atoms. The van der Waals surface area contributed by atoms with Gasteiger partial charge >= 0.3 is 0 Å². The van der Waals surface area contributed by atoms with E-state index in [9.17, 15) is 5.11 Å². The number of hydrogen-bond donors (Lipinski definition) is 1. The number of aromatic hydroxyl groups is 1. The minimum Gasteiger partial charge on any atom is -0.504 e. The van der Waals surface area contributed by atoms with E-state index in [0.717, 1.165) is 5.56 Å². The van der Waals surface area contributed by atoms with Gasteiger partial charge in [0.25, 0.3) is 0 Å². The highest BCUT2D eigenvalue weighted by Crippen LogP contribution is 2.39. The van der Waals surface area contributed by atoms with Crippen molar-refractivity contribution in [3.8, 4) is 17.2 Å². The fourth-order valence-corrected chi connectivity index (χ4v) is 1.51. The maximum Gasteiger partial charge on any atom is 0.203 e. The van der Waals surface area contributed by atoms with Gasteiger partial charge in [0, 0.05) is 10.9 Å². The topological polar surface area (TPSA) is 38.7 Å². The molecule has 13 heavy (non-hydrogen) atoms. The largest absolute Gasteiger partial charge is 0.504 e. The molecule has 0 saturated carbocycles. The lowest BCUT2D eigenvalue weighted by molar-refractivity contribution is 0.332. The van der Waals surface area contributed by atoms with Gasteiger partial charge in [0.05, 0.1) is 14.2 Å². The average molecular weight is 247 g/mol. The van der Waals surface area contributed by atoms with Crippen molar-refractivity contribution in [1.29, 1.82) is 0 Å². The number of hydrogen-bond acceptors (Lipinski definition) is 3. The lowest BCUT2D eigenvalue weighted by Crippen LogP contribution is -1.92. The molecule has 1 N–H and O–H groups in total. The molecular formula is C9H11BrO3. The third-order valence-electron chi connectivity index (χ3n) is 1.75. The number of halogens is 1. The van der Waals surface area contributed by atoms with E-state index in [-0.39, 0.29) is 5.75 Å². The van der Waals surface area contributed by atoms with E-state index in [2.05, 4.69) is 15.9 Å². The fraction of sp³-hybridized carbons (Fsp3) is 0.333. The molecule has 0 radical (unpaired) electrons. The van der Waals surface area contributed by atoms with E-state index >= 15 is 0 Å². The molecular weight excluding hydrogens is 236 g/mol. The van der Waals surface area contributed by atoms with Crippen molar-refractivity contribution < 1.29 is 14.6 Å². The molecule has 0 aliphatic heterocycles. The fourth-order valence-electron chi connectivity index (χ4n) is 1.06. The zero-order valence-corrected chi connectivity index (χ0v) is 9.09. The molecule has 3 nitrogen and oxygen atoms in total. The highest BCUT2D eigenvalue weighted by Gasteiger charge is 2.12. The first-order valence-electron chi connectivity index (χ1n) is 3.73. The van der Waals surface area contributed by atoms with Crippen LogP contribution < -0.4 is 9.47 Å². The summed E-state index contributed by atoms with van der Waals surface area (Å²) in [6, 6.07) is 3.54. The van der Waals surface area contributed by atoms with Gasteiger partial charge in [-0.25, -0.2) is 0 Å². The molecule has 0 unspecified atom stereocenters. The second-order valence-electron chi connectivity index (χ2n) is 2.44. The zero-order valence-electron chi connectivity index (χ0n) is 7.50. The molecule has 0 aliphatic rings. The van der Waals surface area contributed by atoms with Gasteiger partial charge in [-0.05, 0) is 6.07 Å². The number of ether oxygens (including phenoxy) is 2. The first-order valence-corrected chi connectivity index (χ1v) is 4.85. The van der Waals surface area contributed by atoms with Gasteiger partial charge in [-0.1, -0.05) is 22.0 Å². The van der Waals surface area contributed by atoms with Gasteiger partial charge in [-0.15, -0.1) is 0 Å². The summed E-state index contributed by atoms with van der Waals surface area (Å²) < 4.78 is 10.0. The summed E-state index contributed by atoms with van der Waals surface area (Å²) in [5.41, 5.74) is 0.776. The zero-order chi connectivity index (χ0) is 9.84. The predicted molar refractivity (Wildman–Crippen MR) is 53.8 cm³/mol. The van der Waals surface area contributed by atoms with Gasteiger partial charge < -0.3 is 14.6 Å². The Labute approximate surface area is 85.4 Å². The first kappa shape index (κ1) is 10.2. The van der Waals surface area contributed by atoms with Crippen LogP contribution in [0.5, 0.6) is 17.2 Å². The van der Waals surface area contributed by atoms with Gasteiger partial charge in [0.1, 0.15) is 0 Å². The second kappa shape index (κ2) is 4.37. The molecule has 0 atom stereocenters. The van der Waals surface area contributed by atoms with Crippen LogP contribution in [0.25, 0.3) is 0 Å². The van der Waals surface area contributed by atoms with E-state index in [4.69, 9.17) is 9.47 Å². The Morgan fingerprint density at radius 2 is 2.00 bits per heavy atom. The number of rotatable bonds is 3. The van der Waals surface area contributed by atoms with Crippen LogP contribution in [-0.4, -0.2) is 19.3 Å². The third kappa shape index (κ3) is 1.88. The summed E-state index contributed by atoms with van der Waals surface area (Å²) in [6.07, 6.45) is 0. The molecule has 1 aromatic rings. The van der Waals surface area contributed by atoms with Crippen molar-refractivity contribution in [3.05, 3.63) is 17.7 Å². The van der Waals surface area contributed by atoms with Crippen LogP contribution in [0.1, 0.15) is 5.56 Å². The summed E-state index contributed by atoms with van der Waals surface area (Å²) in [5.74, 6) is 1.03. The van der Waals surface area contributed by atoms with Gasteiger partial charge in [0.2, 0.25) is 5.75 Å². The molecule has 0 saturated heterocycles. The number of methoxy groups -OCH3 is 2. The van der Waals surface area contributed by atoms with Crippen LogP contribution in [0, 0.1) is 0 Å². The normalized spacial score (nSPS) is 9.77. The van der Waals surface area contributed by atoms with Gasteiger partial charge in [0.15, 0.2) is 11.5 Å². The number of phenolic OH excluding ortho intramolecular Hbond substituents is 1. The van der Waals surface area contributed by atoms with Crippen molar-refractivity contribution in [2.45, 2.75) is 5.33 Å². The second-order valence-corrected chi connectivity index (χ2v) is 3.00. The van der Waals surface area contributed by atoms with Crippen molar-refractivity contribution in [2.75, 3.05) is 14.2 Å². The Morgan fingerprint density at radius 1 is 1.31 bits per heavy atom. The smallest absolute Gasteiger partial charge is 0.203 e. The molecule has 72 valence electrons. The monoisotopic (exact) mass is 246 g/mol. The van der Waals surface area contributed by atoms with Crippen LogP contribution in [0.15, 0.2) is 12.1 Å². The Morgan fingerprint density at radius 3 is 2.46 bits per heavy atom. The van der Waals surface area contributed by atoms with Crippen LogP contribution in [0.4, 0.5) is 0 Å². The Hall–Kier alpha value is -0.900. The van der Waals surface area contributed by atoms with Gasteiger partial charge in [-0.2, -0.15) is 0 Å². The molecule has 1 aromatic carbocycles. The molecule has 4 heteroatoms. The van der Waals surface area contributed by atoms with Crippen LogP contribution in [0.3, 0.4) is 0 Å². The van der Waals surface area contributed by atoms with Crippen molar-refractivity contribution in [2.24, 2.45) is 0 Å². The average Bonchev–Trinajstić information content (AvgIpc) is 2.17. The standard InChI is InChI=1S/C9H11BrO3/c1-12-7-4-3-6(5-10)8(11)9(7)13-2/h3-4,11H,5H2,1-2H3. The van der Waals surface area contributed by atoms with E-state index in [1.807, 2.05) is 0 Å². The Kier molecular flexibility index (Phi) is 3.42. The van der Waals surface area contributed by atoms with E-state index in [1.165, 1.54) is 14.2 Å². The quantitative estimate of drug-likeness (QED) is 0.833. The molecule has 0 aliphatic carbocycles. The van der Waals surface area contributed by atoms with Crippen LogP contribution in [-0.2, 0) is 5.33 Å². The maximum atomic E-state index is 9.67. The lowest BCUT2D eigenvalue weighted by atomic mass is 10.2. The van der Waals surface area contributed by atoms with E-state index in [0.29, 0.717) is 16.8 Å². The highest BCUT2D eigenvalue weighted by molar-refractivity contribution is 9.08. The summed E-state index contributed by atoms with van der Waals surface area (Å²) in [5, 5.41) is 10.2. The predicted octanol–water partition coefficient (Wildman–Crippen LogP) is 2.30. The summed E-state index contributed by atoms with van der Waals surface area (Å²) >= 11 is 3.26. The van der Waals surface area contributed by atoms with Crippen molar-refractivity contribution in [3.63, 3.8) is 0 Å². The van der Waals surface area contributed by atoms with Gasteiger partial charge in [-0.3, -0.25) is 0 Å². The molecule has 0 heterocycles. The molecule has 0 aromatic heterocycles. The van der Waals surface area contributed by atoms with Crippen LogP contribution >= 0.6 is 15.9 Å². The Balaban J connectivity index is 3.23. The summed E-state index contributed by atoms with van der Waals surface area (Å²) in [7, 11) is 3.03. The minimum atomic E-state index is 0.124. The number of phenols is 1. The lowest BCUT2D eigenvalue weighted by Gasteiger charge is -2.11. The number of benzene rings is 1. The molecule has 0 amide bonds. The molecule has 0 fully saturated rings. The first-order chi connectivity index (χ1) is 6.24. The number of alkyl halides is 1. The third-order valence-corrected chi connectivity index (χ3v) is 2.35. The SMILES string of the molecule is COc1ccc(CBr)c(O)c1OC. The minimum absolute atomic E-state index is 0.124. The van der Waals surface area contributed by atoms with E-state index in [1.54, 1.807) is 12.1 Å². The summed E-state index contributed by atoms with van der Waals surface area (Å²) in [4.78, 5) is 0.